The maximum Gasteiger partial charge on any atom is 0.160 e. The molecule has 0 unspecified atom stereocenters. The average Bonchev–Trinajstić information content (AvgIpc) is 2.38. The van der Waals surface area contributed by atoms with Crippen molar-refractivity contribution in [1.82, 2.24) is 14.9 Å². The summed E-state index contributed by atoms with van der Waals surface area (Å²) in [5, 5.41) is 3.32. The molecule has 4 N–H and O–H groups in total. The summed E-state index contributed by atoms with van der Waals surface area (Å²) in [6, 6.07) is 0. The van der Waals surface area contributed by atoms with Gasteiger partial charge < -0.3 is 15.6 Å². The van der Waals surface area contributed by atoms with Crippen LogP contribution in [0.3, 0.4) is 0 Å². The predicted molar refractivity (Wildman–Crippen MR) is 68.6 cm³/mol. The molecule has 0 bridgehead atoms. The Morgan fingerprint density at radius 2 is 2.06 bits per heavy atom. The van der Waals surface area contributed by atoms with Crippen molar-refractivity contribution in [2.45, 2.75) is 12.8 Å². The van der Waals surface area contributed by atoms with Crippen LogP contribution in [0, 0.1) is 5.92 Å². The molecule has 1 fully saturated rings. The zero-order chi connectivity index (χ0) is 12.1. The molecule has 2 rings (SSSR count). The molecule has 94 valence electrons. The highest BCUT2D eigenvalue weighted by Gasteiger charge is 2.16. The summed E-state index contributed by atoms with van der Waals surface area (Å²) in [7, 11) is 2.17. The van der Waals surface area contributed by atoms with E-state index in [1.807, 2.05) is 0 Å². The standard InChI is InChI=1S/C11H20N6/c1-17-4-2-9(3-5-17)6-14-10-7-13-8-11(15-10)16-12/h7-9H,2-6,12H2,1H3,(H2,14,15,16). The van der Waals surface area contributed by atoms with E-state index >= 15 is 0 Å². The SMILES string of the molecule is CN1CCC(CNc2cncc(NN)n2)CC1. The molecule has 6 nitrogen and oxygen atoms in total. The zero-order valence-electron chi connectivity index (χ0n) is 10.2. The molecule has 0 saturated carbocycles. The van der Waals surface area contributed by atoms with Crippen molar-refractivity contribution in [3.63, 3.8) is 0 Å². The molecule has 0 aliphatic carbocycles. The third kappa shape index (κ3) is 3.54. The number of anilines is 2. The first kappa shape index (κ1) is 12.1. The second-order valence-corrected chi connectivity index (χ2v) is 4.56. The lowest BCUT2D eigenvalue weighted by atomic mass is 9.97. The smallest absolute Gasteiger partial charge is 0.160 e. The van der Waals surface area contributed by atoms with Crippen molar-refractivity contribution in [2.24, 2.45) is 11.8 Å². The monoisotopic (exact) mass is 236 g/mol. The summed E-state index contributed by atoms with van der Waals surface area (Å²) in [6.45, 7) is 3.32. The fourth-order valence-electron chi connectivity index (χ4n) is 2.04. The van der Waals surface area contributed by atoms with E-state index in [-0.39, 0.29) is 0 Å². The number of nitrogens with zero attached hydrogens (tertiary/aromatic N) is 3. The highest BCUT2D eigenvalue weighted by atomic mass is 15.3. The molecule has 0 amide bonds. The van der Waals surface area contributed by atoms with Crippen molar-refractivity contribution in [1.29, 1.82) is 0 Å². The maximum absolute atomic E-state index is 5.29. The van der Waals surface area contributed by atoms with Gasteiger partial charge in [-0.3, -0.25) is 4.98 Å². The van der Waals surface area contributed by atoms with Crippen LogP contribution in [0.25, 0.3) is 0 Å². The fourth-order valence-corrected chi connectivity index (χ4v) is 2.04. The van der Waals surface area contributed by atoms with E-state index in [1.54, 1.807) is 12.4 Å². The molecule has 1 saturated heterocycles. The van der Waals surface area contributed by atoms with Crippen molar-refractivity contribution >= 4 is 11.6 Å². The van der Waals surface area contributed by atoms with Crippen LogP contribution < -0.4 is 16.6 Å². The molecule has 1 aliphatic heterocycles. The lowest BCUT2D eigenvalue weighted by Crippen LogP contribution is -2.33. The van der Waals surface area contributed by atoms with Gasteiger partial charge in [0, 0.05) is 6.54 Å². The van der Waals surface area contributed by atoms with Crippen LogP contribution >= 0.6 is 0 Å². The third-order valence-electron chi connectivity index (χ3n) is 3.19. The second-order valence-electron chi connectivity index (χ2n) is 4.56. The number of hydrogen-bond acceptors (Lipinski definition) is 6. The first-order valence-corrected chi connectivity index (χ1v) is 5.99. The highest BCUT2D eigenvalue weighted by molar-refractivity contribution is 5.40. The van der Waals surface area contributed by atoms with Gasteiger partial charge in [-0.15, -0.1) is 0 Å². The first-order chi connectivity index (χ1) is 8.28. The number of hydrogen-bond donors (Lipinski definition) is 3. The van der Waals surface area contributed by atoms with E-state index in [9.17, 15) is 0 Å². The lowest BCUT2D eigenvalue weighted by Gasteiger charge is -2.29. The predicted octanol–water partition coefficient (Wildman–Crippen LogP) is 0.516. The van der Waals surface area contributed by atoms with E-state index in [0.717, 1.165) is 18.3 Å². The Morgan fingerprint density at radius 1 is 1.35 bits per heavy atom. The van der Waals surface area contributed by atoms with Gasteiger partial charge in [0.25, 0.3) is 0 Å². The number of nitrogen functional groups attached to an aromatic ring is 1. The van der Waals surface area contributed by atoms with Crippen LogP contribution in [0.5, 0.6) is 0 Å². The van der Waals surface area contributed by atoms with Gasteiger partial charge in [-0.05, 0) is 38.9 Å². The van der Waals surface area contributed by atoms with Gasteiger partial charge in [0.1, 0.15) is 5.82 Å². The van der Waals surface area contributed by atoms with Crippen molar-refractivity contribution in [3.8, 4) is 0 Å². The van der Waals surface area contributed by atoms with Crippen LogP contribution in [-0.2, 0) is 0 Å². The van der Waals surface area contributed by atoms with Crippen LogP contribution in [0.1, 0.15) is 12.8 Å². The Balaban J connectivity index is 1.81. The van der Waals surface area contributed by atoms with Gasteiger partial charge in [-0.2, -0.15) is 0 Å². The lowest BCUT2D eigenvalue weighted by molar-refractivity contribution is 0.226. The second kappa shape index (κ2) is 5.79. The van der Waals surface area contributed by atoms with Gasteiger partial charge in [0.05, 0.1) is 12.4 Å². The fraction of sp³-hybridized carbons (Fsp3) is 0.636. The van der Waals surface area contributed by atoms with Gasteiger partial charge in [-0.25, -0.2) is 10.8 Å². The molecule has 0 aromatic carbocycles. The highest BCUT2D eigenvalue weighted by Crippen LogP contribution is 2.16. The Labute approximate surface area is 102 Å². The summed E-state index contributed by atoms with van der Waals surface area (Å²) in [6.07, 6.45) is 5.80. The Kier molecular flexibility index (Phi) is 4.11. The zero-order valence-corrected chi connectivity index (χ0v) is 10.2. The quantitative estimate of drug-likeness (QED) is 0.522. The average molecular weight is 236 g/mol. The largest absolute Gasteiger partial charge is 0.368 e. The number of aromatic nitrogens is 2. The Bertz CT molecular complexity index is 348. The first-order valence-electron chi connectivity index (χ1n) is 5.99. The number of nitrogens with two attached hydrogens (primary N) is 1. The Morgan fingerprint density at radius 3 is 2.76 bits per heavy atom. The molecule has 0 atom stereocenters. The van der Waals surface area contributed by atoms with Crippen LogP contribution in [-0.4, -0.2) is 41.5 Å². The topological polar surface area (TPSA) is 79.1 Å². The van der Waals surface area contributed by atoms with E-state index in [2.05, 4.69) is 32.7 Å². The summed E-state index contributed by atoms with van der Waals surface area (Å²) in [4.78, 5) is 10.7. The summed E-state index contributed by atoms with van der Waals surface area (Å²) in [5.74, 6) is 7.37. The molecule has 1 aliphatic rings. The number of rotatable bonds is 4. The van der Waals surface area contributed by atoms with E-state index in [4.69, 9.17) is 5.84 Å². The van der Waals surface area contributed by atoms with Crippen molar-refractivity contribution in [3.05, 3.63) is 12.4 Å². The molecule has 0 spiro atoms. The molecule has 1 aromatic heterocycles. The Hall–Kier alpha value is -1.40. The number of hydrazine groups is 1. The molecule has 17 heavy (non-hydrogen) atoms. The normalized spacial score (nSPS) is 18.0. The minimum Gasteiger partial charge on any atom is -0.368 e. The number of piperidine rings is 1. The van der Waals surface area contributed by atoms with Crippen LogP contribution in [0.2, 0.25) is 0 Å². The summed E-state index contributed by atoms with van der Waals surface area (Å²) >= 11 is 0. The molecular formula is C11H20N6. The van der Waals surface area contributed by atoms with Gasteiger partial charge in [0.15, 0.2) is 5.82 Å². The van der Waals surface area contributed by atoms with Gasteiger partial charge in [-0.1, -0.05) is 0 Å². The third-order valence-corrected chi connectivity index (χ3v) is 3.19. The minimum atomic E-state index is 0.582. The molecule has 1 aromatic rings. The molecule has 2 heterocycles. The van der Waals surface area contributed by atoms with E-state index in [0.29, 0.717) is 5.82 Å². The number of likely N-dealkylation sites (tertiary alicyclic amines) is 1. The van der Waals surface area contributed by atoms with Crippen molar-refractivity contribution in [2.75, 3.05) is 37.4 Å². The maximum atomic E-state index is 5.29. The number of nitrogens with one attached hydrogen (secondary N) is 2. The summed E-state index contributed by atoms with van der Waals surface area (Å²) in [5.41, 5.74) is 2.49. The van der Waals surface area contributed by atoms with Crippen LogP contribution in [0.15, 0.2) is 12.4 Å². The molecule has 6 heteroatoms. The van der Waals surface area contributed by atoms with Crippen LogP contribution in [0.4, 0.5) is 11.6 Å². The van der Waals surface area contributed by atoms with Gasteiger partial charge >= 0.3 is 0 Å². The van der Waals surface area contributed by atoms with Crippen molar-refractivity contribution < 1.29 is 0 Å². The van der Waals surface area contributed by atoms with Gasteiger partial charge in [0.2, 0.25) is 0 Å². The summed E-state index contributed by atoms with van der Waals surface area (Å²) < 4.78 is 0. The minimum absolute atomic E-state index is 0.582. The molecular weight excluding hydrogens is 216 g/mol. The van der Waals surface area contributed by atoms with E-state index < -0.39 is 0 Å². The molecule has 0 radical (unpaired) electrons. The van der Waals surface area contributed by atoms with E-state index in [1.165, 1.54) is 25.9 Å².